The van der Waals surface area contributed by atoms with Crippen molar-refractivity contribution in [3.8, 4) is 0 Å². The number of hydrogen-bond donors (Lipinski definition) is 0. The fraction of sp³-hybridized carbons (Fsp3) is 0.600. The minimum Gasteiger partial charge on any atom is -0.748 e. The number of carbonyl (C=O) groups excluding carboxylic acids is 2. The third-order valence-electron chi connectivity index (χ3n) is 11.8. The Morgan fingerprint density at radius 1 is 0.727 bits per heavy atom. The lowest BCUT2D eigenvalue weighted by molar-refractivity contribution is -0.182. The maximum Gasteiger partial charge on any atom is 0.351 e. The monoisotopic (exact) mass is 848 g/mol. The first kappa shape index (κ1) is 44.7. The van der Waals surface area contributed by atoms with Gasteiger partial charge in [0.2, 0.25) is 5.60 Å². The van der Waals surface area contributed by atoms with Crippen molar-refractivity contribution in [3.63, 3.8) is 0 Å². The molecular weight excluding hydrogens is 805 g/mol. The van der Waals surface area contributed by atoms with Gasteiger partial charge in [0.1, 0.15) is 37.0 Å². The zero-order valence-corrected chi connectivity index (χ0v) is 33.9. The first-order valence-corrected chi connectivity index (χ1v) is 23.2. The van der Waals surface area contributed by atoms with Gasteiger partial charge < -0.3 is 27.7 Å². The predicted molar refractivity (Wildman–Crippen MR) is 190 cm³/mol. The van der Waals surface area contributed by atoms with Crippen LogP contribution in [0, 0.1) is 35.5 Å². The van der Waals surface area contributed by atoms with E-state index in [1.165, 1.54) is 55.7 Å². The van der Waals surface area contributed by atoms with Crippen molar-refractivity contribution < 1.29 is 70.9 Å². The first-order chi connectivity index (χ1) is 25.1. The van der Waals surface area contributed by atoms with E-state index in [2.05, 4.69) is 0 Å². The zero-order chi connectivity index (χ0) is 41.5. The fourth-order valence-electron chi connectivity index (χ4n) is 8.68. The van der Waals surface area contributed by atoms with Crippen molar-refractivity contribution in [3.05, 3.63) is 60.2 Å². The molecule has 20 heteroatoms. The van der Waals surface area contributed by atoms with E-state index in [1.807, 2.05) is 6.92 Å². The average Bonchev–Trinajstić information content (AvgIpc) is 3.34. The number of rotatable bonds is 7. The highest BCUT2D eigenvalue weighted by atomic mass is 32.2. The Bertz CT molecular complexity index is 2150. The number of benzene rings is 2. The second-order valence-electron chi connectivity index (χ2n) is 15.7. The fourth-order valence-corrected chi connectivity index (χ4v) is 11.3. The van der Waals surface area contributed by atoms with E-state index in [0.29, 0.717) is 49.9 Å². The molecule has 0 N–H and O–H groups in total. The van der Waals surface area contributed by atoms with Gasteiger partial charge in [-0.05, 0) is 107 Å². The molecule has 5 aliphatic carbocycles. The Morgan fingerprint density at radius 3 is 1.53 bits per heavy atom. The Labute approximate surface area is 322 Å². The van der Waals surface area contributed by atoms with Crippen LogP contribution in [-0.2, 0) is 59.5 Å². The van der Waals surface area contributed by atoms with Crippen molar-refractivity contribution in [2.75, 3.05) is 12.4 Å². The number of hydrogen-bond acceptors (Lipinski definition) is 16. The molecule has 8 rings (SSSR count). The molecule has 2 aromatic carbocycles. The molecule has 0 spiro atoms. The van der Waals surface area contributed by atoms with E-state index in [-0.39, 0.29) is 9.79 Å². The minimum atomic E-state index is -4.45. The van der Waals surface area contributed by atoms with Crippen LogP contribution in [0.25, 0.3) is 0 Å². The minimum absolute atomic E-state index is 0.178. The van der Waals surface area contributed by atoms with Crippen LogP contribution in [0.1, 0.15) is 77.7 Å². The molecule has 6 fully saturated rings. The summed E-state index contributed by atoms with van der Waals surface area (Å²) in [6.45, 7) is 6.56. The van der Waals surface area contributed by atoms with E-state index in [1.54, 1.807) is 39.0 Å². The van der Waals surface area contributed by atoms with Crippen molar-refractivity contribution in [1.82, 2.24) is 0 Å². The number of ether oxygens (including phenoxy) is 2. The van der Waals surface area contributed by atoms with Gasteiger partial charge >= 0.3 is 11.9 Å². The van der Waals surface area contributed by atoms with E-state index >= 15 is 0 Å². The van der Waals surface area contributed by atoms with Crippen LogP contribution in [0.2, 0.25) is 0 Å². The molecule has 5 saturated carbocycles. The normalized spacial score (nSPS) is 30.0. The van der Waals surface area contributed by atoms with Crippen molar-refractivity contribution >= 4 is 52.4 Å². The third kappa shape index (κ3) is 9.77. The molecule has 16 nitrogen and oxygen atoms in total. The molecule has 6 bridgehead atoms. The second kappa shape index (κ2) is 15.8. The molecule has 55 heavy (non-hydrogen) atoms. The average molecular weight is 849 g/mol. The quantitative estimate of drug-likeness (QED) is 0.286. The molecule has 2 atom stereocenters. The Hall–Kier alpha value is -2.98. The molecule has 0 amide bonds. The summed E-state index contributed by atoms with van der Waals surface area (Å²) < 4.78 is 137. The number of aryl methyl sites for hydroxylation is 1. The summed E-state index contributed by atoms with van der Waals surface area (Å²) in [5.74, 6) is -0.414. The van der Waals surface area contributed by atoms with Crippen LogP contribution in [0.3, 0.4) is 0 Å². The largest absolute Gasteiger partial charge is 0.748 e. The molecule has 2 aromatic rings. The van der Waals surface area contributed by atoms with Gasteiger partial charge in [-0.3, -0.25) is 4.79 Å². The molecule has 1 heterocycles. The van der Waals surface area contributed by atoms with Crippen molar-refractivity contribution in [2.24, 2.45) is 28.6 Å². The summed E-state index contributed by atoms with van der Waals surface area (Å²) in [6.07, 6.45) is 6.35. The smallest absolute Gasteiger partial charge is 0.351 e. The van der Waals surface area contributed by atoms with Crippen LogP contribution >= 0.6 is 0 Å². The molecule has 6 aliphatic rings. The standard InChI is InChI=1S/C12H18O7S.C10H16O3S.C7H8O3S.C6H6O3S/c1-10(2)11(3)4-5-12(10,19-8(11)13)9(14)18-6-7-20(15,16)17;11-14(12,13)10-4-7-1-8(5-10)3-9(2-7)6-10;1-6-2-4-7(5-3-6)11(8,9)10;7-10(8,9)6-4-2-1-3-5-6/h4-7H2,1-3H3,(H,15,16,17);7-9H,1-6H2,(H,11,12,13);2-5H,1H3,(H,8,9,10);1-5H,(H,7,8,9)/p-4. The molecule has 2 unspecified atom stereocenters. The lowest BCUT2D eigenvalue weighted by Crippen LogP contribution is -2.54. The molecule has 1 aliphatic heterocycles. The van der Waals surface area contributed by atoms with E-state index in [9.17, 15) is 61.5 Å². The van der Waals surface area contributed by atoms with Gasteiger partial charge in [0.25, 0.3) is 0 Å². The predicted octanol–water partition coefficient (Wildman–Crippen LogP) is 3.19. The van der Waals surface area contributed by atoms with E-state index < -0.39 is 85.9 Å². The molecule has 0 radical (unpaired) electrons. The Morgan fingerprint density at radius 2 is 1.18 bits per heavy atom. The zero-order valence-electron chi connectivity index (χ0n) is 30.7. The number of carbonyl (C=O) groups is 2. The topological polar surface area (TPSA) is 281 Å². The van der Waals surface area contributed by atoms with Crippen LogP contribution in [0.15, 0.2) is 64.4 Å². The van der Waals surface area contributed by atoms with Gasteiger partial charge in [0.15, 0.2) is 0 Å². The maximum absolute atomic E-state index is 12.2. The summed E-state index contributed by atoms with van der Waals surface area (Å²) >= 11 is 0. The molecular formula is C35H44O16S4-4. The summed E-state index contributed by atoms with van der Waals surface area (Å²) in [6, 6.07) is 13.0. The molecule has 1 saturated heterocycles. The van der Waals surface area contributed by atoms with E-state index in [0.717, 1.165) is 5.56 Å². The summed E-state index contributed by atoms with van der Waals surface area (Å²) in [4.78, 5) is 23.8. The van der Waals surface area contributed by atoms with Crippen molar-refractivity contribution in [1.29, 1.82) is 0 Å². The summed E-state index contributed by atoms with van der Waals surface area (Å²) in [5, 5.41) is 0. The molecule has 0 aromatic heterocycles. The number of fused-ring (bicyclic) bond motifs is 2. The van der Waals surface area contributed by atoms with Gasteiger partial charge in [-0.2, -0.15) is 0 Å². The highest BCUT2D eigenvalue weighted by Crippen LogP contribution is 2.66. The maximum atomic E-state index is 12.2. The van der Waals surface area contributed by atoms with E-state index in [4.69, 9.17) is 9.47 Å². The number of esters is 2. The highest BCUT2D eigenvalue weighted by Gasteiger charge is 2.76. The second-order valence-corrected chi connectivity index (χ2v) is 21.7. The van der Waals surface area contributed by atoms with Crippen LogP contribution in [0.4, 0.5) is 0 Å². The summed E-state index contributed by atoms with van der Waals surface area (Å²) in [5.41, 5.74) is -1.95. The van der Waals surface area contributed by atoms with Gasteiger partial charge in [0, 0.05) is 5.41 Å². The summed E-state index contributed by atoms with van der Waals surface area (Å²) in [7, 11) is -17.0. The lowest BCUT2D eigenvalue weighted by Gasteiger charge is -2.57. The third-order valence-corrected chi connectivity index (χ3v) is 15.8. The Balaban J connectivity index is 0.000000170. The lowest BCUT2D eigenvalue weighted by atomic mass is 9.56. The van der Waals surface area contributed by atoms with Gasteiger partial charge in [-0.15, -0.1) is 0 Å². The van der Waals surface area contributed by atoms with Gasteiger partial charge in [-0.1, -0.05) is 49.7 Å². The highest BCUT2D eigenvalue weighted by molar-refractivity contribution is 7.87. The van der Waals surface area contributed by atoms with Crippen LogP contribution in [-0.4, -0.2) is 86.5 Å². The first-order valence-electron chi connectivity index (χ1n) is 17.4. The van der Waals surface area contributed by atoms with Crippen LogP contribution in [0.5, 0.6) is 0 Å². The SMILES string of the molecule is CC12CCC(C(=O)OCCS(=O)(=O)[O-])(OC1=O)C2(C)C.Cc1ccc(S(=O)(=O)[O-])cc1.O=S(=O)([O-])C12CC3CC(CC(C3)C1)C2.O=S(=O)([O-])c1ccccc1. The molecule has 308 valence electrons. The Kier molecular flexibility index (Phi) is 12.8. The van der Waals surface area contributed by atoms with Gasteiger partial charge in [0.05, 0.1) is 35.8 Å². The van der Waals surface area contributed by atoms with Crippen molar-refractivity contribution in [2.45, 2.75) is 99.2 Å². The van der Waals surface area contributed by atoms with Gasteiger partial charge in [-0.25, -0.2) is 38.5 Å². The van der Waals surface area contributed by atoms with Crippen LogP contribution < -0.4 is 0 Å².